The summed E-state index contributed by atoms with van der Waals surface area (Å²) in [5.74, 6) is -0.397. The number of carbonyl (C=O) groups excluding carboxylic acids is 1. The number of carbonyl (C=O) groups is 1. The minimum absolute atomic E-state index is 0.397. The highest BCUT2D eigenvalue weighted by Crippen LogP contribution is 2.03. The Morgan fingerprint density at radius 2 is 1.93 bits per heavy atom. The van der Waals surface area contributed by atoms with Crippen molar-refractivity contribution in [2.45, 2.75) is 6.54 Å². The molecule has 0 bridgehead atoms. The van der Waals surface area contributed by atoms with Crippen LogP contribution in [0.3, 0.4) is 0 Å². The van der Waals surface area contributed by atoms with E-state index in [0.717, 1.165) is 18.7 Å². The zero-order chi connectivity index (χ0) is 10.4. The Bertz CT molecular complexity index is 295. The molecule has 0 saturated carbocycles. The average molecular weight is 193 g/mol. The van der Waals surface area contributed by atoms with Gasteiger partial charge in [0.15, 0.2) is 0 Å². The van der Waals surface area contributed by atoms with Gasteiger partial charge in [0.05, 0.1) is 0 Å². The average Bonchev–Trinajstić information content (AvgIpc) is 2.19. The second-order valence-electron chi connectivity index (χ2n) is 3.03. The van der Waals surface area contributed by atoms with Gasteiger partial charge < -0.3 is 16.8 Å². The fourth-order valence-electron chi connectivity index (χ4n) is 1.12. The summed E-state index contributed by atoms with van der Waals surface area (Å²) in [6, 6.07) is 7.21. The van der Waals surface area contributed by atoms with E-state index in [1.807, 2.05) is 12.1 Å². The maximum Gasteiger partial charge on any atom is 0.248 e. The molecule has 0 unspecified atom stereocenters. The Hall–Kier alpha value is -1.39. The van der Waals surface area contributed by atoms with E-state index in [9.17, 15) is 4.79 Å². The maximum absolute atomic E-state index is 10.8. The molecule has 0 radical (unpaired) electrons. The van der Waals surface area contributed by atoms with Gasteiger partial charge in [-0.15, -0.1) is 0 Å². The van der Waals surface area contributed by atoms with E-state index in [1.54, 1.807) is 12.1 Å². The van der Waals surface area contributed by atoms with E-state index in [2.05, 4.69) is 5.32 Å². The largest absolute Gasteiger partial charge is 0.366 e. The van der Waals surface area contributed by atoms with Gasteiger partial charge in [-0.2, -0.15) is 0 Å². The van der Waals surface area contributed by atoms with Crippen LogP contribution < -0.4 is 16.8 Å². The Morgan fingerprint density at radius 3 is 2.43 bits per heavy atom. The smallest absolute Gasteiger partial charge is 0.248 e. The number of rotatable bonds is 5. The van der Waals surface area contributed by atoms with Crippen LogP contribution in [0.1, 0.15) is 15.9 Å². The molecule has 0 heterocycles. The first-order valence-electron chi connectivity index (χ1n) is 4.53. The number of hydrogen-bond acceptors (Lipinski definition) is 3. The molecule has 1 aromatic rings. The van der Waals surface area contributed by atoms with E-state index in [4.69, 9.17) is 11.5 Å². The van der Waals surface area contributed by atoms with Crippen molar-refractivity contribution < 1.29 is 4.79 Å². The molecule has 0 fully saturated rings. The van der Waals surface area contributed by atoms with Crippen LogP contribution in [0.5, 0.6) is 0 Å². The van der Waals surface area contributed by atoms with Crippen molar-refractivity contribution in [1.82, 2.24) is 5.32 Å². The topological polar surface area (TPSA) is 81.1 Å². The molecule has 0 aromatic heterocycles. The van der Waals surface area contributed by atoms with Gasteiger partial charge >= 0.3 is 0 Å². The van der Waals surface area contributed by atoms with Gasteiger partial charge in [0, 0.05) is 25.2 Å². The van der Waals surface area contributed by atoms with E-state index in [1.165, 1.54) is 0 Å². The molecule has 1 amide bonds. The number of nitrogens with two attached hydrogens (primary N) is 2. The number of hydrogen-bond donors (Lipinski definition) is 3. The van der Waals surface area contributed by atoms with E-state index < -0.39 is 5.91 Å². The highest BCUT2D eigenvalue weighted by Gasteiger charge is 1.98. The highest BCUT2D eigenvalue weighted by atomic mass is 16.1. The van der Waals surface area contributed by atoms with Crippen LogP contribution in [-0.4, -0.2) is 19.0 Å². The lowest BCUT2D eigenvalue weighted by atomic mass is 10.1. The Balaban J connectivity index is 2.51. The Labute approximate surface area is 83.3 Å². The zero-order valence-corrected chi connectivity index (χ0v) is 7.99. The fourth-order valence-corrected chi connectivity index (χ4v) is 1.12. The van der Waals surface area contributed by atoms with Crippen LogP contribution in [-0.2, 0) is 6.54 Å². The molecule has 1 aromatic carbocycles. The standard InChI is InChI=1S/C10H15N3O/c11-5-6-13-7-8-1-3-9(4-2-8)10(12)14/h1-4,13H,5-7,11H2,(H2,12,14). The van der Waals surface area contributed by atoms with Crippen molar-refractivity contribution in [3.63, 3.8) is 0 Å². The minimum atomic E-state index is -0.397. The summed E-state index contributed by atoms with van der Waals surface area (Å²) in [6.45, 7) is 2.17. The van der Waals surface area contributed by atoms with Crippen molar-refractivity contribution in [3.8, 4) is 0 Å². The molecule has 14 heavy (non-hydrogen) atoms. The number of amides is 1. The van der Waals surface area contributed by atoms with Crippen molar-refractivity contribution >= 4 is 5.91 Å². The van der Waals surface area contributed by atoms with Gasteiger partial charge in [-0.25, -0.2) is 0 Å². The summed E-state index contributed by atoms with van der Waals surface area (Å²) >= 11 is 0. The summed E-state index contributed by atoms with van der Waals surface area (Å²) < 4.78 is 0. The number of primary amides is 1. The summed E-state index contributed by atoms with van der Waals surface area (Å²) in [4.78, 5) is 10.8. The Kier molecular flexibility index (Phi) is 4.10. The van der Waals surface area contributed by atoms with Gasteiger partial charge in [-0.1, -0.05) is 12.1 Å². The lowest BCUT2D eigenvalue weighted by Gasteiger charge is -2.03. The molecule has 1 rings (SSSR count). The monoisotopic (exact) mass is 193 g/mol. The maximum atomic E-state index is 10.8. The van der Waals surface area contributed by atoms with Gasteiger partial charge in [-0.3, -0.25) is 4.79 Å². The predicted molar refractivity (Wildman–Crippen MR) is 55.7 cm³/mol. The first kappa shape index (κ1) is 10.7. The third kappa shape index (κ3) is 3.16. The molecule has 76 valence electrons. The second kappa shape index (κ2) is 5.36. The predicted octanol–water partition coefficient (Wildman–Crippen LogP) is -0.166. The number of benzene rings is 1. The highest BCUT2D eigenvalue weighted by molar-refractivity contribution is 5.92. The van der Waals surface area contributed by atoms with Crippen molar-refractivity contribution in [3.05, 3.63) is 35.4 Å². The van der Waals surface area contributed by atoms with Crippen LogP contribution in [0.15, 0.2) is 24.3 Å². The molecule has 4 nitrogen and oxygen atoms in total. The normalized spacial score (nSPS) is 10.1. The van der Waals surface area contributed by atoms with Crippen LogP contribution in [0.2, 0.25) is 0 Å². The van der Waals surface area contributed by atoms with Crippen LogP contribution in [0.25, 0.3) is 0 Å². The van der Waals surface area contributed by atoms with Crippen LogP contribution >= 0.6 is 0 Å². The van der Waals surface area contributed by atoms with Crippen LogP contribution in [0, 0.1) is 0 Å². The van der Waals surface area contributed by atoms with Crippen molar-refractivity contribution in [1.29, 1.82) is 0 Å². The molecular weight excluding hydrogens is 178 g/mol. The molecular formula is C10H15N3O. The van der Waals surface area contributed by atoms with Gasteiger partial charge in [0.25, 0.3) is 0 Å². The quantitative estimate of drug-likeness (QED) is 0.568. The summed E-state index contributed by atoms with van der Waals surface area (Å²) in [5, 5.41) is 3.16. The van der Waals surface area contributed by atoms with Crippen molar-refractivity contribution in [2.24, 2.45) is 11.5 Å². The minimum Gasteiger partial charge on any atom is -0.366 e. The molecule has 0 saturated heterocycles. The summed E-state index contributed by atoms with van der Waals surface area (Å²) in [6.07, 6.45) is 0. The third-order valence-corrected chi connectivity index (χ3v) is 1.89. The second-order valence-corrected chi connectivity index (χ2v) is 3.03. The van der Waals surface area contributed by atoms with Gasteiger partial charge in [-0.05, 0) is 17.7 Å². The van der Waals surface area contributed by atoms with Gasteiger partial charge in [0.1, 0.15) is 0 Å². The van der Waals surface area contributed by atoms with Crippen LogP contribution in [0.4, 0.5) is 0 Å². The van der Waals surface area contributed by atoms with Crippen molar-refractivity contribution in [2.75, 3.05) is 13.1 Å². The lowest BCUT2D eigenvalue weighted by Crippen LogP contribution is -2.21. The van der Waals surface area contributed by atoms with E-state index in [-0.39, 0.29) is 0 Å². The molecule has 0 aliphatic rings. The third-order valence-electron chi connectivity index (χ3n) is 1.89. The molecule has 0 aliphatic carbocycles. The SMILES string of the molecule is NCCNCc1ccc(C(N)=O)cc1. The first-order chi connectivity index (χ1) is 6.74. The summed E-state index contributed by atoms with van der Waals surface area (Å²) in [7, 11) is 0. The molecule has 5 N–H and O–H groups in total. The molecule has 0 spiro atoms. The summed E-state index contributed by atoms with van der Waals surface area (Å²) in [5.41, 5.74) is 12.1. The van der Waals surface area contributed by atoms with E-state index >= 15 is 0 Å². The number of nitrogens with one attached hydrogen (secondary N) is 1. The first-order valence-corrected chi connectivity index (χ1v) is 4.53. The Morgan fingerprint density at radius 1 is 1.29 bits per heavy atom. The molecule has 0 atom stereocenters. The fraction of sp³-hybridized carbons (Fsp3) is 0.300. The lowest BCUT2D eigenvalue weighted by molar-refractivity contribution is 0.100. The van der Waals surface area contributed by atoms with Gasteiger partial charge in [0.2, 0.25) is 5.91 Å². The van der Waals surface area contributed by atoms with E-state index in [0.29, 0.717) is 12.1 Å². The molecule has 4 heteroatoms. The molecule has 0 aliphatic heterocycles. The zero-order valence-electron chi connectivity index (χ0n) is 7.99.